The van der Waals surface area contributed by atoms with Crippen molar-refractivity contribution in [3.05, 3.63) is 126 Å². The first kappa shape index (κ1) is 31.6. The molecular formula is C38H36BN3O6. The number of imide groups is 1. The largest absolute Gasteiger partial charge is 0.508 e. The van der Waals surface area contributed by atoms with Gasteiger partial charge < -0.3 is 25.2 Å². The first-order valence-corrected chi connectivity index (χ1v) is 16.3. The van der Waals surface area contributed by atoms with Crippen molar-refractivity contribution in [3.8, 4) is 5.75 Å². The molecule has 1 aromatic heterocycles. The lowest BCUT2D eigenvalue weighted by molar-refractivity contribution is -0.122. The highest BCUT2D eigenvalue weighted by molar-refractivity contribution is 6.43. The molecule has 4 N–H and O–H groups in total. The van der Waals surface area contributed by atoms with Crippen molar-refractivity contribution < 1.29 is 29.5 Å². The van der Waals surface area contributed by atoms with E-state index in [1.165, 1.54) is 4.90 Å². The molecule has 1 aliphatic carbocycles. The van der Waals surface area contributed by atoms with E-state index in [-0.39, 0.29) is 36.9 Å². The second-order valence-corrected chi connectivity index (χ2v) is 12.5. The maximum atomic E-state index is 14.1. The van der Waals surface area contributed by atoms with E-state index in [4.69, 9.17) is 4.65 Å². The Bertz CT molecular complexity index is 1850. The zero-order valence-corrected chi connectivity index (χ0v) is 26.3. The van der Waals surface area contributed by atoms with Crippen LogP contribution in [0.15, 0.2) is 114 Å². The van der Waals surface area contributed by atoms with Crippen LogP contribution in [0.4, 0.5) is 17.1 Å². The third kappa shape index (κ3) is 6.30. The number of pyridine rings is 1. The fourth-order valence-electron chi connectivity index (χ4n) is 7.43. The maximum Gasteiger partial charge on any atom is 0.455 e. The van der Waals surface area contributed by atoms with E-state index >= 15 is 0 Å². The van der Waals surface area contributed by atoms with Crippen LogP contribution in [0, 0.1) is 17.8 Å². The van der Waals surface area contributed by atoms with E-state index in [2.05, 4.69) is 10.3 Å². The lowest BCUT2D eigenvalue weighted by Crippen LogP contribution is -2.46. The summed E-state index contributed by atoms with van der Waals surface area (Å²) in [6.45, 7) is -0.261. The molecule has 4 aromatic rings. The van der Waals surface area contributed by atoms with Gasteiger partial charge in [-0.2, -0.15) is 0 Å². The number of nitrogens with zero attached hydrogens (tertiary/aromatic N) is 2. The first-order chi connectivity index (χ1) is 23.4. The number of amides is 2. The number of allylic oxidation sites excluding steroid dienone is 1. The first-order valence-electron chi connectivity index (χ1n) is 16.3. The number of phenolic OH excluding ortho intramolecular Hbond substituents is 1. The number of hydrogen-bond donors (Lipinski definition) is 4. The molecule has 2 aliphatic heterocycles. The molecule has 0 spiro atoms. The Morgan fingerprint density at radius 3 is 2.35 bits per heavy atom. The zero-order valence-electron chi connectivity index (χ0n) is 26.3. The van der Waals surface area contributed by atoms with Crippen molar-refractivity contribution in [3.63, 3.8) is 0 Å². The molecule has 7 rings (SSSR count). The Balaban J connectivity index is 1.14. The molecule has 0 saturated carbocycles. The smallest absolute Gasteiger partial charge is 0.455 e. The number of phenols is 1. The van der Waals surface area contributed by atoms with Crippen molar-refractivity contribution in [2.75, 3.05) is 16.8 Å². The molecule has 2 amide bonds. The highest BCUT2D eigenvalue weighted by atomic mass is 16.5. The number of aliphatic hydroxyl groups is 1. The highest BCUT2D eigenvalue weighted by Crippen LogP contribution is 2.51. The predicted molar refractivity (Wildman–Crippen MR) is 185 cm³/mol. The Hall–Kier alpha value is -5.03. The third-order valence-corrected chi connectivity index (χ3v) is 9.59. The number of aromatic nitrogens is 1. The minimum Gasteiger partial charge on any atom is -0.508 e. The lowest BCUT2D eigenvalue weighted by atomic mass is 9.58. The van der Waals surface area contributed by atoms with Gasteiger partial charge in [0.05, 0.1) is 35.9 Å². The SMILES string of the molecule is O=C1[C@@H]2[C@@H](CC(CO)=C3[C@@H](CC/C(=C/c4ccc(O)cc4)c4ccccn4)OB(O)C[C@@H]32)C(=O)N1c1ccc(Nc2ccccc2)cc1. The maximum absolute atomic E-state index is 14.1. The average Bonchev–Trinajstić information content (AvgIpc) is 3.36. The summed E-state index contributed by atoms with van der Waals surface area (Å²) in [4.78, 5) is 33.8. The van der Waals surface area contributed by atoms with Crippen molar-refractivity contribution >= 4 is 47.6 Å². The summed E-state index contributed by atoms with van der Waals surface area (Å²) >= 11 is 0. The number of carbonyl (C=O) groups is 2. The summed E-state index contributed by atoms with van der Waals surface area (Å²) in [5, 5.41) is 34.6. The number of nitrogens with one attached hydrogen (secondary N) is 1. The van der Waals surface area contributed by atoms with Gasteiger partial charge in [-0.3, -0.25) is 19.5 Å². The van der Waals surface area contributed by atoms with Crippen LogP contribution in [-0.2, 0) is 14.2 Å². The number of fused-ring (bicyclic) bond motifs is 3. The molecule has 10 heteroatoms. The van der Waals surface area contributed by atoms with Crippen LogP contribution in [0.3, 0.4) is 0 Å². The number of anilines is 3. The standard InChI is InChI=1S/C38H36BN3O6/c43-23-26-21-31-36(38(46)42(37(31)45)29-14-12-28(13-15-29)41-27-6-2-1-3-7-27)32-22-39(47)48-34(35(26)32)18-11-25(33-8-4-5-19-40-33)20-24-9-16-30(44)17-10-24/h1-10,12-17,19-20,31-32,34,36,41,43-44,47H,11,18,21-23H2/b25-20-/t31-,32+,34-,36-/m1/s1. The van der Waals surface area contributed by atoms with Gasteiger partial charge >= 0.3 is 7.12 Å². The van der Waals surface area contributed by atoms with Gasteiger partial charge in [0, 0.05) is 17.6 Å². The number of carbonyl (C=O) groups excluding carboxylic acids is 2. The Labute approximate surface area is 279 Å². The fraction of sp³-hybridized carbons (Fsp3) is 0.237. The van der Waals surface area contributed by atoms with Crippen molar-refractivity contribution in [1.29, 1.82) is 0 Å². The molecule has 48 heavy (non-hydrogen) atoms. The summed E-state index contributed by atoms with van der Waals surface area (Å²) in [6.07, 6.45) is 4.59. The quantitative estimate of drug-likeness (QED) is 0.102. The number of aliphatic hydroxyl groups excluding tert-OH is 1. The zero-order chi connectivity index (χ0) is 33.2. The molecule has 9 nitrogen and oxygen atoms in total. The van der Waals surface area contributed by atoms with Gasteiger partial charge in [-0.15, -0.1) is 0 Å². The van der Waals surface area contributed by atoms with Crippen molar-refractivity contribution in [1.82, 2.24) is 4.98 Å². The van der Waals surface area contributed by atoms with Gasteiger partial charge in [0.2, 0.25) is 11.8 Å². The minimum absolute atomic E-state index is 0.166. The van der Waals surface area contributed by atoms with Gasteiger partial charge in [0.1, 0.15) is 5.75 Å². The van der Waals surface area contributed by atoms with Crippen LogP contribution < -0.4 is 10.2 Å². The number of hydrogen-bond acceptors (Lipinski definition) is 8. The second-order valence-electron chi connectivity index (χ2n) is 12.5. The van der Waals surface area contributed by atoms with Crippen LogP contribution in [-0.4, -0.2) is 51.9 Å². The molecule has 2 saturated heterocycles. The third-order valence-electron chi connectivity index (χ3n) is 9.59. The normalized spacial score (nSPS) is 22.5. The summed E-state index contributed by atoms with van der Waals surface area (Å²) in [5.74, 6) is -2.13. The Morgan fingerprint density at radius 1 is 0.917 bits per heavy atom. The average molecular weight is 642 g/mol. The van der Waals surface area contributed by atoms with Gasteiger partial charge in [-0.05, 0) is 121 Å². The number of benzene rings is 3. The van der Waals surface area contributed by atoms with Gasteiger partial charge in [-0.25, -0.2) is 0 Å². The fourth-order valence-corrected chi connectivity index (χ4v) is 7.43. The minimum atomic E-state index is -1.12. The molecule has 4 atom stereocenters. The number of aromatic hydroxyl groups is 1. The van der Waals surface area contributed by atoms with E-state index < -0.39 is 31.0 Å². The van der Waals surface area contributed by atoms with E-state index in [1.54, 1.807) is 30.5 Å². The number of rotatable bonds is 9. The van der Waals surface area contributed by atoms with Crippen LogP contribution >= 0.6 is 0 Å². The van der Waals surface area contributed by atoms with Gasteiger partial charge in [0.25, 0.3) is 0 Å². The highest BCUT2D eigenvalue weighted by Gasteiger charge is 2.57. The molecule has 2 fully saturated rings. The Morgan fingerprint density at radius 2 is 1.65 bits per heavy atom. The Kier molecular flexibility index (Phi) is 8.95. The summed E-state index contributed by atoms with van der Waals surface area (Å²) in [6, 6.07) is 29.5. The molecule has 0 radical (unpaired) electrons. The molecule has 0 bridgehead atoms. The molecular weight excluding hydrogens is 605 g/mol. The summed E-state index contributed by atoms with van der Waals surface area (Å²) in [7, 11) is -1.12. The van der Waals surface area contributed by atoms with E-state index in [0.29, 0.717) is 24.1 Å². The van der Waals surface area contributed by atoms with Crippen LogP contribution in [0.1, 0.15) is 30.5 Å². The molecule has 0 unspecified atom stereocenters. The van der Waals surface area contributed by atoms with E-state index in [0.717, 1.165) is 33.8 Å². The predicted octanol–water partition coefficient (Wildman–Crippen LogP) is 5.85. The summed E-state index contributed by atoms with van der Waals surface area (Å²) in [5.41, 5.74) is 6.38. The van der Waals surface area contributed by atoms with Crippen LogP contribution in [0.25, 0.3) is 11.6 Å². The van der Waals surface area contributed by atoms with E-state index in [1.807, 2.05) is 78.9 Å². The van der Waals surface area contributed by atoms with E-state index in [9.17, 15) is 24.8 Å². The van der Waals surface area contributed by atoms with Crippen molar-refractivity contribution in [2.24, 2.45) is 17.8 Å². The lowest BCUT2D eigenvalue weighted by Gasteiger charge is -2.42. The van der Waals surface area contributed by atoms with Gasteiger partial charge in [-0.1, -0.05) is 36.4 Å². The van der Waals surface area contributed by atoms with Gasteiger partial charge in [0.15, 0.2) is 0 Å². The molecule has 242 valence electrons. The van der Waals surface area contributed by atoms with Crippen LogP contribution in [0.5, 0.6) is 5.75 Å². The number of para-hydroxylation sites is 1. The van der Waals surface area contributed by atoms with Crippen LogP contribution in [0.2, 0.25) is 6.32 Å². The monoisotopic (exact) mass is 641 g/mol. The summed E-state index contributed by atoms with van der Waals surface area (Å²) < 4.78 is 6.11. The molecule has 3 aliphatic rings. The molecule has 3 aromatic carbocycles. The topological polar surface area (TPSA) is 132 Å². The second kappa shape index (κ2) is 13.6. The molecule has 3 heterocycles. The van der Waals surface area contributed by atoms with Crippen molar-refractivity contribution in [2.45, 2.75) is 31.7 Å².